The highest BCUT2D eigenvalue weighted by atomic mass is 15.1. The van der Waals surface area contributed by atoms with Crippen LogP contribution >= 0.6 is 0 Å². The van der Waals surface area contributed by atoms with Gasteiger partial charge >= 0.3 is 0 Å². The van der Waals surface area contributed by atoms with E-state index in [4.69, 9.17) is 0 Å². The van der Waals surface area contributed by atoms with E-state index in [1.807, 2.05) is 0 Å². The molecule has 96 valence electrons. The monoisotopic (exact) mass is 234 g/mol. The summed E-state index contributed by atoms with van der Waals surface area (Å²) in [7, 11) is 2.15. The summed E-state index contributed by atoms with van der Waals surface area (Å²) in [6.07, 6.45) is 2.37. The highest BCUT2D eigenvalue weighted by molar-refractivity contribution is 5.47. The van der Waals surface area contributed by atoms with E-state index in [1.165, 1.54) is 24.1 Å². The largest absolute Gasteiger partial charge is 0.375 e. The van der Waals surface area contributed by atoms with Crippen molar-refractivity contribution in [1.29, 1.82) is 0 Å². The van der Waals surface area contributed by atoms with Gasteiger partial charge in [-0.05, 0) is 44.0 Å². The van der Waals surface area contributed by atoms with E-state index in [0.29, 0.717) is 6.04 Å². The molecule has 0 amide bonds. The lowest BCUT2D eigenvalue weighted by atomic mass is 10.1. The van der Waals surface area contributed by atoms with Gasteiger partial charge in [-0.25, -0.2) is 0 Å². The third-order valence-corrected chi connectivity index (χ3v) is 3.09. The van der Waals surface area contributed by atoms with E-state index in [9.17, 15) is 0 Å². The summed E-state index contributed by atoms with van der Waals surface area (Å²) in [6, 6.07) is 9.34. The molecule has 0 fully saturated rings. The minimum Gasteiger partial charge on any atom is -0.375 e. The van der Waals surface area contributed by atoms with Crippen molar-refractivity contribution in [3.63, 3.8) is 0 Å². The number of rotatable bonds is 7. The fraction of sp³-hybridized carbons (Fsp3) is 0.600. The molecular formula is C15H26N2. The maximum atomic E-state index is 3.51. The Morgan fingerprint density at radius 2 is 1.76 bits per heavy atom. The molecular weight excluding hydrogens is 208 g/mol. The highest BCUT2D eigenvalue weighted by Crippen LogP contribution is 2.18. The summed E-state index contributed by atoms with van der Waals surface area (Å²) >= 11 is 0. The molecule has 2 nitrogen and oxygen atoms in total. The molecule has 0 saturated heterocycles. The van der Waals surface area contributed by atoms with Gasteiger partial charge in [-0.3, -0.25) is 0 Å². The Morgan fingerprint density at radius 1 is 1.12 bits per heavy atom. The maximum absolute atomic E-state index is 3.51. The average Bonchev–Trinajstić information content (AvgIpc) is 2.36. The second-order valence-corrected chi connectivity index (χ2v) is 4.69. The summed E-state index contributed by atoms with van der Waals surface area (Å²) < 4.78 is 0. The zero-order chi connectivity index (χ0) is 12.7. The molecule has 0 aliphatic rings. The number of hydrogen-bond donors (Lipinski definition) is 1. The molecule has 1 unspecified atom stereocenters. The fourth-order valence-corrected chi connectivity index (χ4v) is 1.96. The minimum absolute atomic E-state index is 0.445. The first-order chi connectivity index (χ1) is 8.19. The van der Waals surface area contributed by atoms with Crippen molar-refractivity contribution in [2.24, 2.45) is 0 Å². The van der Waals surface area contributed by atoms with E-state index in [0.717, 1.165) is 13.1 Å². The summed E-state index contributed by atoms with van der Waals surface area (Å²) in [5.74, 6) is 0. The number of nitrogens with zero attached hydrogens (tertiary/aromatic N) is 1. The summed E-state index contributed by atoms with van der Waals surface area (Å²) in [5.41, 5.74) is 2.67. The molecule has 0 bridgehead atoms. The third-order valence-electron chi connectivity index (χ3n) is 3.09. The van der Waals surface area contributed by atoms with Gasteiger partial charge in [0, 0.05) is 25.3 Å². The normalized spacial score (nSPS) is 12.5. The number of hydrogen-bond acceptors (Lipinski definition) is 2. The van der Waals surface area contributed by atoms with Crippen LogP contribution in [0, 0.1) is 0 Å². The van der Waals surface area contributed by atoms with Crippen molar-refractivity contribution < 1.29 is 0 Å². The Hall–Kier alpha value is -1.02. The predicted molar refractivity (Wildman–Crippen MR) is 76.7 cm³/mol. The first-order valence-electron chi connectivity index (χ1n) is 6.73. The quantitative estimate of drug-likeness (QED) is 0.775. The van der Waals surface area contributed by atoms with Gasteiger partial charge in [-0.1, -0.05) is 26.0 Å². The van der Waals surface area contributed by atoms with E-state index in [1.54, 1.807) is 0 Å². The van der Waals surface area contributed by atoms with E-state index in [-0.39, 0.29) is 0 Å². The van der Waals surface area contributed by atoms with Crippen molar-refractivity contribution in [3.8, 4) is 0 Å². The second-order valence-electron chi connectivity index (χ2n) is 4.69. The summed E-state index contributed by atoms with van der Waals surface area (Å²) in [6.45, 7) is 8.83. The topological polar surface area (TPSA) is 15.3 Å². The maximum Gasteiger partial charge on any atom is 0.0363 e. The number of nitrogens with one attached hydrogen (secondary N) is 1. The molecule has 17 heavy (non-hydrogen) atoms. The van der Waals surface area contributed by atoms with Crippen LogP contribution in [-0.4, -0.2) is 20.1 Å². The number of benzene rings is 1. The van der Waals surface area contributed by atoms with Crippen LogP contribution in [0.5, 0.6) is 0 Å². The van der Waals surface area contributed by atoms with Crippen LogP contribution in [0.25, 0.3) is 0 Å². The van der Waals surface area contributed by atoms with Gasteiger partial charge in [0.1, 0.15) is 0 Å². The smallest absolute Gasteiger partial charge is 0.0363 e. The van der Waals surface area contributed by atoms with E-state index < -0.39 is 0 Å². The molecule has 0 spiro atoms. The average molecular weight is 234 g/mol. The lowest BCUT2D eigenvalue weighted by molar-refractivity contribution is 0.571. The van der Waals surface area contributed by atoms with Crippen LogP contribution in [0.1, 0.15) is 45.2 Å². The van der Waals surface area contributed by atoms with Gasteiger partial charge in [-0.2, -0.15) is 0 Å². The standard InChI is InChI=1S/C15H26N2/c1-5-11-16-13(3)14-7-9-15(10-8-14)17(4)12-6-2/h7-10,13,16H,5-6,11-12H2,1-4H3. The Kier molecular flexibility index (Phi) is 6.06. The first-order valence-corrected chi connectivity index (χ1v) is 6.73. The second kappa shape index (κ2) is 7.33. The van der Waals surface area contributed by atoms with Crippen molar-refractivity contribution in [1.82, 2.24) is 5.32 Å². The fourth-order valence-electron chi connectivity index (χ4n) is 1.96. The molecule has 0 aliphatic heterocycles. The molecule has 1 aromatic carbocycles. The molecule has 0 aromatic heterocycles. The molecule has 2 heteroatoms. The lowest BCUT2D eigenvalue weighted by Crippen LogP contribution is -2.20. The van der Waals surface area contributed by atoms with Crippen LogP contribution in [0.15, 0.2) is 24.3 Å². The Balaban J connectivity index is 2.60. The van der Waals surface area contributed by atoms with Crippen molar-refractivity contribution in [2.45, 2.75) is 39.7 Å². The van der Waals surface area contributed by atoms with Gasteiger partial charge in [-0.15, -0.1) is 0 Å². The zero-order valence-corrected chi connectivity index (χ0v) is 11.7. The van der Waals surface area contributed by atoms with Gasteiger partial charge in [0.2, 0.25) is 0 Å². The van der Waals surface area contributed by atoms with Crippen LogP contribution in [0.3, 0.4) is 0 Å². The van der Waals surface area contributed by atoms with Crippen LogP contribution in [0.2, 0.25) is 0 Å². The third kappa shape index (κ3) is 4.39. The van der Waals surface area contributed by atoms with Crippen LogP contribution < -0.4 is 10.2 Å². The van der Waals surface area contributed by atoms with Gasteiger partial charge in [0.05, 0.1) is 0 Å². The van der Waals surface area contributed by atoms with Gasteiger partial charge in [0.15, 0.2) is 0 Å². The predicted octanol–water partition coefficient (Wildman–Crippen LogP) is 3.59. The summed E-state index contributed by atoms with van der Waals surface area (Å²) in [4.78, 5) is 2.30. The Labute approximate surface area is 106 Å². The molecule has 1 rings (SSSR count). The molecule has 0 heterocycles. The highest BCUT2D eigenvalue weighted by Gasteiger charge is 2.05. The van der Waals surface area contributed by atoms with Gasteiger partial charge in [0.25, 0.3) is 0 Å². The first kappa shape index (κ1) is 14.0. The molecule has 1 atom stereocenters. The van der Waals surface area contributed by atoms with E-state index in [2.05, 4.69) is 62.3 Å². The molecule has 1 N–H and O–H groups in total. The van der Waals surface area contributed by atoms with Crippen molar-refractivity contribution in [2.75, 3.05) is 25.0 Å². The molecule has 0 saturated carbocycles. The lowest BCUT2D eigenvalue weighted by Gasteiger charge is -2.20. The zero-order valence-electron chi connectivity index (χ0n) is 11.7. The van der Waals surface area contributed by atoms with Gasteiger partial charge < -0.3 is 10.2 Å². The molecule has 0 radical (unpaired) electrons. The van der Waals surface area contributed by atoms with Crippen LogP contribution in [-0.2, 0) is 0 Å². The Bertz CT molecular complexity index is 305. The number of anilines is 1. The minimum atomic E-state index is 0.445. The molecule has 0 aliphatic carbocycles. The summed E-state index contributed by atoms with van der Waals surface area (Å²) in [5, 5.41) is 3.51. The van der Waals surface area contributed by atoms with Crippen molar-refractivity contribution in [3.05, 3.63) is 29.8 Å². The SMILES string of the molecule is CCCNC(C)c1ccc(N(C)CCC)cc1. The van der Waals surface area contributed by atoms with Crippen LogP contribution in [0.4, 0.5) is 5.69 Å². The molecule has 1 aromatic rings. The van der Waals surface area contributed by atoms with E-state index >= 15 is 0 Å². The Morgan fingerprint density at radius 3 is 2.29 bits per heavy atom. The van der Waals surface area contributed by atoms with Crippen molar-refractivity contribution >= 4 is 5.69 Å².